The van der Waals surface area contributed by atoms with Crippen LogP contribution in [-0.2, 0) is 16.0 Å². The van der Waals surface area contributed by atoms with E-state index in [1.54, 1.807) is 32.2 Å². The van der Waals surface area contributed by atoms with Gasteiger partial charge in [0.25, 0.3) is 0 Å². The number of benzene rings is 2. The molecular formula is C20H23NO4. The van der Waals surface area contributed by atoms with Gasteiger partial charge in [0.1, 0.15) is 5.75 Å². The average Bonchev–Trinajstić information content (AvgIpc) is 2.62. The topological polar surface area (TPSA) is 64.6 Å². The van der Waals surface area contributed by atoms with Crippen molar-refractivity contribution >= 4 is 17.6 Å². The van der Waals surface area contributed by atoms with Gasteiger partial charge in [-0.2, -0.15) is 0 Å². The van der Waals surface area contributed by atoms with Crippen LogP contribution >= 0.6 is 0 Å². The summed E-state index contributed by atoms with van der Waals surface area (Å²) in [5.74, 6) is 0.302. The van der Waals surface area contributed by atoms with Crippen LogP contribution in [0.2, 0.25) is 0 Å². The molecule has 5 heteroatoms. The molecule has 1 amide bonds. The van der Waals surface area contributed by atoms with Crippen molar-refractivity contribution in [2.45, 2.75) is 26.7 Å². The zero-order valence-corrected chi connectivity index (χ0v) is 14.8. The largest absolute Gasteiger partial charge is 0.497 e. The van der Waals surface area contributed by atoms with Gasteiger partial charge in [-0.05, 0) is 55.7 Å². The Bertz CT molecular complexity index is 738. The van der Waals surface area contributed by atoms with Gasteiger partial charge < -0.3 is 14.8 Å². The molecule has 2 aromatic rings. The Hall–Kier alpha value is -2.82. The van der Waals surface area contributed by atoms with Gasteiger partial charge in [-0.25, -0.2) is 4.79 Å². The first-order valence-electron chi connectivity index (χ1n) is 8.24. The van der Waals surface area contributed by atoms with Crippen molar-refractivity contribution in [2.75, 3.05) is 19.0 Å². The van der Waals surface area contributed by atoms with Gasteiger partial charge in [-0.3, -0.25) is 4.79 Å². The highest BCUT2D eigenvalue weighted by Gasteiger charge is 2.11. The molecule has 132 valence electrons. The van der Waals surface area contributed by atoms with E-state index in [9.17, 15) is 9.59 Å². The maximum Gasteiger partial charge on any atom is 0.338 e. The number of amides is 1. The Morgan fingerprint density at radius 3 is 2.44 bits per heavy atom. The predicted molar refractivity (Wildman–Crippen MR) is 97.1 cm³/mol. The zero-order valence-electron chi connectivity index (χ0n) is 14.8. The number of aryl methyl sites for hydroxylation is 2. The van der Waals surface area contributed by atoms with Crippen LogP contribution in [0.1, 0.15) is 34.8 Å². The molecule has 0 fully saturated rings. The van der Waals surface area contributed by atoms with Crippen LogP contribution in [0.5, 0.6) is 5.75 Å². The minimum Gasteiger partial charge on any atom is -0.497 e. The quantitative estimate of drug-likeness (QED) is 0.779. The molecule has 0 unspecified atom stereocenters. The lowest BCUT2D eigenvalue weighted by atomic mass is 10.1. The van der Waals surface area contributed by atoms with E-state index in [0.29, 0.717) is 30.7 Å². The number of carbonyl (C=O) groups is 2. The zero-order chi connectivity index (χ0) is 18.2. The summed E-state index contributed by atoms with van der Waals surface area (Å²) in [5.41, 5.74) is 3.02. The van der Waals surface area contributed by atoms with Crippen molar-refractivity contribution in [3.8, 4) is 5.75 Å². The lowest BCUT2D eigenvalue weighted by Gasteiger charge is -2.10. The Morgan fingerprint density at radius 1 is 1.08 bits per heavy atom. The molecule has 0 heterocycles. The highest BCUT2D eigenvalue weighted by atomic mass is 16.5. The molecule has 2 rings (SSSR count). The molecule has 0 radical (unpaired) electrons. The lowest BCUT2D eigenvalue weighted by molar-refractivity contribution is -0.116. The second-order valence-corrected chi connectivity index (χ2v) is 5.65. The third-order valence-electron chi connectivity index (χ3n) is 3.82. The van der Waals surface area contributed by atoms with Gasteiger partial charge in [-0.15, -0.1) is 0 Å². The summed E-state index contributed by atoms with van der Waals surface area (Å²) in [5, 5.41) is 2.87. The Labute approximate surface area is 148 Å². The number of carbonyl (C=O) groups excluding carboxylic acids is 2. The molecule has 0 aromatic heterocycles. The van der Waals surface area contributed by atoms with Crippen molar-refractivity contribution in [2.24, 2.45) is 0 Å². The third-order valence-corrected chi connectivity index (χ3v) is 3.82. The minimum absolute atomic E-state index is 0.0973. The summed E-state index contributed by atoms with van der Waals surface area (Å²) >= 11 is 0. The van der Waals surface area contributed by atoms with Crippen molar-refractivity contribution in [3.05, 3.63) is 59.2 Å². The monoisotopic (exact) mass is 341 g/mol. The Kier molecular flexibility index (Phi) is 6.57. The summed E-state index contributed by atoms with van der Waals surface area (Å²) in [6, 6.07) is 12.8. The van der Waals surface area contributed by atoms with Crippen molar-refractivity contribution in [1.29, 1.82) is 0 Å². The van der Waals surface area contributed by atoms with Crippen LogP contribution < -0.4 is 10.1 Å². The summed E-state index contributed by atoms with van der Waals surface area (Å²) < 4.78 is 10.1. The second-order valence-electron chi connectivity index (χ2n) is 5.65. The number of hydrogen-bond donors (Lipinski definition) is 1. The SMILES string of the molecule is CCOC(=O)c1ccc(C)c(NC(=O)CCc2ccc(OC)cc2)c1. The number of anilines is 1. The van der Waals surface area contributed by atoms with Crippen LogP contribution in [0.4, 0.5) is 5.69 Å². The highest BCUT2D eigenvalue weighted by molar-refractivity contribution is 5.95. The summed E-state index contributed by atoms with van der Waals surface area (Å²) in [4.78, 5) is 24.0. The van der Waals surface area contributed by atoms with E-state index >= 15 is 0 Å². The number of rotatable bonds is 7. The molecule has 0 atom stereocenters. The van der Waals surface area contributed by atoms with E-state index < -0.39 is 5.97 Å². The number of hydrogen-bond acceptors (Lipinski definition) is 4. The van der Waals surface area contributed by atoms with Crippen LogP contribution in [0.15, 0.2) is 42.5 Å². The Balaban J connectivity index is 1.97. The number of nitrogens with one attached hydrogen (secondary N) is 1. The molecular weight excluding hydrogens is 318 g/mol. The van der Waals surface area contributed by atoms with Crippen LogP contribution in [0.25, 0.3) is 0 Å². The Morgan fingerprint density at radius 2 is 1.80 bits per heavy atom. The fraction of sp³-hybridized carbons (Fsp3) is 0.300. The molecule has 5 nitrogen and oxygen atoms in total. The molecule has 0 saturated heterocycles. The van der Waals surface area contributed by atoms with Crippen molar-refractivity contribution in [1.82, 2.24) is 0 Å². The van der Waals surface area contributed by atoms with Gasteiger partial charge in [0.2, 0.25) is 5.91 Å². The van der Waals surface area contributed by atoms with Gasteiger partial charge in [0.05, 0.1) is 19.3 Å². The van der Waals surface area contributed by atoms with E-state index in [0.717, 1.165) is 16.9 Å². The fourth-order valence-corrected chi connectivity index (χ4v) is 2.36. The maximum atomic E-state index is 12.2. The fourth-order valence-electron chi connectivity index (χ4n) is 2.36. The van der Waals surface area contributed by atoms with Crippen LogP contribution in [-0.4, -0.2) is 25.6 Å². The highest BCUT2D eigenvalue weighted by Crippen LogP contribution is 2.19. The first-order valence-corrected chi connectivity index (χ1v) is 8.24. The van der Waals surface area contributed by atoms with Crippen LogP contribution in [0.3, 0.4) is 0 Å². The first kappa shape index (κ1) is 18.5. The second kappa shape index (κ2) is 8.87. The molecule has 0 spiro atoms. The number of esters is 1. The average molecular weight is 341 g/mol. The van der Waals surface area contributed by atoms with Crippen LogP contribution in [0, 0.1) is 6.92 Å². The summed E-state index contributed by atoms with van der Waals surface area (Å²) in [7, 11) is 1.62. The van der Waals surface area contributed by atoms with E-state index in [2.05, 4.69) is 5.32 Å². The molecule has 0 saturated carbocycles. The van der Waals surface area contributed by atoms with Gasteiger partial charge in [-0.1, -0.05) is 18.2 Å². The molecule has 0 aliphatic heterocycles. The van der Waals surface area contributed by atoms with Gasteiger partial charge >= 0.3 is 5.97 Å². The molecule has 2 aromatic carbocycles. The lowest BCUT2D eigenvalue weighted by Crippen LogP contribution is -2.14. The smallest absolute Gasteiger partial charge is 0.338 e. The molecule has 1 N–H and O–H groups in total. The summed E-state index contributed by atoms with van der Waals surface area (Å²) in [6.45, 7) is 3.96. The molecule has 25 heavy (non-hydrogen) atoms. The molecule has 0 bridgehead atoms. The predicted octanol–water partition coefficient (Wildman–Crippen LogP) is 3.75. The summed E-state index contributed by atoms with van der Waals surface area (Å²) in [6.07, 6.45) is 0.988. The van der Waals surface area contributed by atoms with E-state index in [1.165, 1.54) is 0 Å². The van der Waals surface area contributed by atoms with Gasteiger partial charge in [0, 0.05) is 12.1 Å². The van der Waals surface area contributed by atoms with Crippen molar-refractivity contribution < 1.29 is 19.1 Å². The third kappa shape index (κ3) is 5.35. The van der Waals surface area contributed by atoms with Crippen molar-refractivity contribution in [3.63, 3.8) is 0 Å². The standard InChI is InChI=1S/C20H23NO4/c1-4-25-20(23)16-9-5-14(2)18(13-16)21-19(22)12-8-15-6-10-17(24-3)11-7-15/h5-7,9-11,13H,4,8,12H2,1-3H3,(H,21,22). The molecule has 0 aliphatic carbocycles. The number of methoxy groups -OCH3 is 1. The van der Waals surface area contributed by atoms with E-state index in [4.69, 9.17) is 9.47 Å². The van der Waals surface area contributed by atoms with Gasteiger partial charge in [0.15, 0.2) is 0 Å². The van der Waals surface area contributed by atoms with E-state index in [1.807, 2.05) is 31.2 Å². The van der Waals surface area contributed by atoms with E-state index in [-0.39, 0.29) is 5.91 Å². The minimum atomic E-state index is -0.392. The normalized spacial score (nSPS) is 10.2. The maximum absolute atomic E-state index is 12.2. The number of ether oxygens (including phenoxy) is 2. The first-order chi connectivity index (χ1) is 12.0. The molecule has 0 aliphatic rings.